The Morgan fingerprint density at radius 1 is 1.44 bits per heavy atom. The first-order chi connectivity index (χ1) is 8.74. The van der Waals surface area contributed by atoms with Crippen LogP contribution in [0.4, 0.5) is 5.69 Å². The normalized spacial score (nSPS) is 12.4. The summed E-state index contributed by atoms with van der Waals surface area (Å²) in [6, 6.07) is 7.27. The standard InChI is InChI=1S/C13H16ClN3O/c1-2-17-8-10(7-15-17)13(9-18)16-12-6-4-3-5-11(12)14/h3-8,13,16,18H,2,9H2,1H3. The highest BCUT2D eigenvalue weighted by Gasteiger charge is 2.13. The molecule has 1 aromatic heterocycles. The van der Waals surface area contributed by atoms with Gasteiger partial charge in [-0.1, -0.05) is 23.7 Å². The Bertz CT molecular complexity index is 512. The molecule has 0 aliphatic rings. The van der Waals surface area contributed by atoms with Gasteiger partial charge < -0.3 is 10.4 Å². The van der Waals surface area contributed by atoms with Crippen LogP contribution in [0.15, 0.2) is 36.7 Å². The van der Waals surface area contributed by atoms with Gasteiger partial charge in [0.05, 0.1) is 29.6 Å². The second-order valence-corrected chi connectivity index (χ2v) is 4.40. The number of rotatable bonds is 5. The Labute approximate surface area is 111 Å². The maximum Gasteiger partial charge on any atom is 0.0776 e. The molecule has 1 atom stereocenters. The van der Waals surface area contributed by atoms with E-state index in [1.165, 1.54) is 0 Å². The molecule has 1 heterocycles. The number of hydrogen-bond donors (Lipinski definition) is 2. The Hall–Kier alpha value is -1.52. The zero-order chi connectivity index (χ0) is 13.0. The number of nitrogens with zero attached hydrogens (tertiary/aromatic N) is 2. The van der Waals surface area contributed by atoms with Crippen molar-refractivity contribution in [3.8, 4) is 0 Å². The summed E-state index contributed by atoms with van der Waals surface area (Å²) in [4.78, 5) is 0. The third-order valence-electron chi connectivity index (χ3n) is 2.77. The van der Waals surface area contributed by atoms with Gasteiger partial charge in [0.2, 0.25) is 0 Å². The van der Waals surface area contributed by atoms with Crippen molar-refractivity contribution in [2.75, 3.05) is 11.9 Å². The fourth-order valence-electron chi connectivity index (χ4n) is 1.73. The minimum atomic E-state index is -0.204. The SMILES string of the molecule is CCn1cc(C(CO)Nc2ccccc2Cl)cn1. The average Bonchev–Trinajstić information content (AvgIpc) is 2.86. The zero-order valence-electron chi connectivity index (χ0n) is 10.2. The summed E-state index contributed by atoms with van der Waals surface area (Å²) in [6.45, 7) is 2.82. The number of aryl methyl sites for hydroxylation is 1. The van der Waals surface area contributed by atoms with E-state index < -0.39 is 0 Å². The number of halogens is 1. The lowest BCUT2D eigenvalue weighted by Crippen LogP contribution is -2.14. The van der Waals surface area contributed by atoms with E-state index in [0.29, 0.717) is 5.02 Å². The molecule has 18 heavy (non-hydrogen) atoms. The summed E-state index contributed by atoms with van der Waals surface area (Å²) in [6.07, 6.45) is 3.68. The van der Waals surface area contributed by atoms with Crippen LogP contribution in [0.5, 0.6) is 0 Å². The number of para-hydroxylation sites is 1. The molecule has 0 aliphatic carbocycles. The number of nitrogens with one attached hydrogen (secondary N) is 1. The summed E-state index contributed by atoms with van der Waals surface area (Å²) < 4.78 is 1.83. The van der Waals surface area contributed by atoms with Gasteiger partial charge in [0.1, 0.15) is 0 Å². The number of anilines is 1. The van der Waals surface area contributed by atoms with Crippen LogP contribution in [0.2, 0.25) is 5.02 Å². The molecule has 1 aromatic carbocycles. The van der Waals surface area contributed by atoms with Crippen LogP contribution in [-0.4, -0.2) is 21.5 Å². The minimum Gasteiger partial charge on any atom is -0.394 e. The van der Waals surface area contributed by atoms with Crippen LogP contribution >= 0.6 is 11.6 Å². The molecule has 0 saturated heterocycles. The van der Waals surface area contributed by atoms with Crippen molar-refractivity contribution < 1.29 is 5.11 Å². The Balaban J connectivity index is 2.17. The van der Waals surface area contributed by atoms with Crippen molar-refractivity contribution in [2.45, 2.75) is 19.5 Å². The monoisotopic (exact) mass is 265 g/mol. The Morgan fingerprint density at radius 2 is 2.22 bits per heavy atom. The molecule has 96 valence electrons. The molecule has 1 unspecified atom stereocenters. The van der Waals surface area contributed by atoms with Gasteiger partial charge in [-0.05, 0) is 19.1 Å². The number of benzene rings is 1. The van der Waals surface area contributed by atoms with Gasteiger partial charge in [-0.2, -0.15) is 5.10 Å². The van der Waals surface area contributed by atoms with E-state index in [0.717, 1.165) is 17.8 Å². The molecular formula is C13H16ClN3O. The molecule has 2 rings (SSSR count). The van der Waals surface area contributed by atoms with Crippen molar-refractivity contribution in [3.63, 3.8) is 0 Å². The van der Waals surface area contributed by atoms with Gasteiger partial charge in [-0.25, -0.2) is 0 Å². The zero-order valence-corrected chi connectivity index (χ0v) is 10.9. The van der Waals surface area contributed by atoms with Gasteiger partial charge in [0, 0.05) is 18.3 Å². The van der Waals surface area contributed by atoms with Crippen molar-refractivity contribution in [3.05, 3.63) is 47.2 Å². The van der Waals surface area contributed by atoms with Gasteiger partial charge in [-0.15, -0.1) is 0 Å². The second kappa shape index (κ2) is 5.89. The summed E-state index contributed by atoms with van der Waals surface area (Å²) in [5.41, 5.74) is 1.75. The van der Waals surface area contributed by atoms with Gasteiger partial charge in [0.15, 0.2) is 0 Å². The van der Waals surface area contributed by atoms with E-state index in [2.05, 4.69) is 10.4 Å². The van der Waals surface area contributed by atoms with Crippen LogP contribution in [0.1, 0.15) is 18.5 Å². The average molecular weight is 266 g/mol. The Kier molecular flexibility index (Phi) is 4.23. The highest BCUT2D eigenvalue weighted by Crippen LogP contribution is 2.25. The van der Waals surface area contributed by atoms with E-state index in [1.54, 1.807) is 6.20 Å². The largest absolute Gasteiger partial charge is 0.394 e. The van der Waals surface area contributed by atoms with Gasteiger partial charge in [-0.3, -0.25) is 4.68 Å². The molecule has 0 amide bonds. The number of hydrogen-bond acceptors (Lipinski definition) is 3. The van der Waals surface area contributed by atoms with Crippen molar-refractivity contribution in [2.24, 2.45) is 0 Å². The lowest BCUT2D eigenvalue weighted by Gasteiger charge is -2.17. The minimum absolute atomic E-state index is 0.0133. The smallest absolute Gasteiger partial charge is 0.0776 e. The first-order valence-corrected chi connectivity index (χ1v) is 6.26. The first kappa shape index (κ1) is 12.9. The Morgan fingerprint density at radius 3 is 2.83 bits per heavy atom. The van der Waals surface area contributed by atoms with E-state index in [9.17, 15) is 5.11 Å². The molecule has 0 radical (unpaired) electrons. The fourth-order valence-corrected chi connectivity index (χ4v) is 1.92. The van der Waals surface area contributed by atoms with Crippen LogP contribution in [-0.2, 0) is 6.54 Å². The van der Waals surface area contributed by atoms with Crippen LogP contribution in [0.25, 0.3) is 0 Å². The summed E-state index contributed by atoms with van der Waals surface area (Å²) in [5, 5.41) is 17.5. The predicted octanol–water partition coefficient (Wildman–Crippen LogP) is 2.70. The lowest BCUT2D eigenvalue weighted by atomic mass is 10.1. The van der Waals surface area contributed by atoms with Crippen LogP contribution in [0.3, 0.4) is 0 Å². The number of aliphatic hydroxyl groups is 1. The van der Waals surface area contributed by atoms with Gasteiger partial charge in [0.25, 0.3) is 0 Å². The lowest BCUT2D eigenvalue weighted by molar-refractivity contribution is 0.276. The molecule has 0 aliphatic heterocycles. The highest BCUT2D eigenvalue weighted by molar-refractivity contribution is 6.33. The molecule has 0 spiro atoms. The molecule has 2 aromatic rings. The third kappa shape index (κ3) is 2.83. The van der Waals surface area contributed by atoms with Gasteiger partial charge >= 0.3 is 0 Å². The maximum atomic E-state index is 9.47. The molecule has 0 bridgehead atoms. The van der Waals surface area contributed by atoms with Crippen LogP contribution < -0.4 is 5.32 Å². The van der Waals surface area contributed by atoms with Crippen LogP contribution in [0, 0.1) is 0 Å². The highest BCUT2D eigenvalue weighted by atomic mass is 35.5. The summed E-state index contributed by atoms with van der Waals surface area (Å²) in [7, 11) is 0. The molecule has 0 fully saturated rings. The molecular weight excluding hydrogens is 250 g/mol. The molecule has 2 N–H and O–H groups in total. The second-order valence-electron chi connectivity index (χ2n) is 3.99. The van der Waals surface area contributed by atoms with E-state index in [-0.39, 0.29) is 12.6 Å². The van der Waals surface area contributed by atoms with Crippen molar-refractivity contribution in [1.29, 1.82) is 0 Å². The third-order valence-corrected chi connectivity index (χ3v) is 3.10. The molecule has 0 saturated carbocycles. The van der Waals surface area contributed by atoms with E-state index in [4.69, 9.17) is 11.6 Å². The van der Waals surface area contributed by atoms with E-state index in [1.807, 2.05) is 42.1 Å². The number of aliphatic hydroxyl groups excluding tert-OH is 1. The quantitative estimate of drug-likeness (QED) is 0.874. The number of aromatic nitrogens is 2. The summed E-state index contributed by atoms with van der Waals surface area (Å²) >= 11 is 6.08. The maximum absolute atomic E-state index is 9.47. The predicted molar refractivity (Wildman–Crippen MR) is 72.8 cm³/mol. The first-order valence-electron chi connectivity index (χ1n) is 5.89. The topological polar surface area (TPSA) is 50.1 Å². The molecule has 4 nitrogen and oxygen atoms in total. The van der Waals surface area contributed by atoms with Crippen molar-refractivity contribution >= 4 is 17.3 Å². The fraction of sp³-hybridized carbons (Fsp3) is 0.308. The van der Waals surface area contributed by atoms with Crippen molar-refractivity contribution in [1.82, 2.24) is 9.78 Å². The molecule has 5 heteroatoms. The van der Waals surface area contributed by atoms with E-state index >= 15 is 0 Å². The summed E-state index contributed by atoms with van der Waals surface area (Å²) in [5.74, 6) is 0.